The van der Waals surface area contributed by atoms with Gasteiger partial charge in [0.15, 0.2) is 0 Å². The van der Waals surface area contributed by atoms with Gasteiger partial charge in [-0.2, -0.15) is 0 Å². The molecule has 4 N–H and O–H groups in total. The highest BCUT2D eigenvalue weighted by Gasteiger charge is 2.38. The van der Waals surface area contributed by atoms with Crippen LogP contribution in [-0.2, 0) is 23.9 Å². The summed E-state index contributed by atoms with van der Waals surface area (Å²) in [4.78, 5) is 75.2. The third kappa shape index (κ3) is 8.79. The maximum Gasteiger partial charge on any atom is 0.407 e. The molecular formula is C42H51N7O7. The Balaban J connectivity index is 1.07. The molecule has 2 aliphatic heterocycles. The minimum atomic E-state index is -0.728. The van der Waals surface area contributed by atoms with Crippen molar-refractivity contribution in [3.05, 3.63) is 72.7 Å². The van der Waals surface area contributed by atoms with Crippen molar-refractivity contribution in [1.82, 2.24) is 30.4 Å². The van der Waals surface area contributed by atoms with Crippen LogP contribution in [0.1, 0.15) is 58.8 Å². The van der Waals surface area contributed by atoms with Crippen LogP contribution in [0.15, 0.2) is 66.9 Å². The fourth-order valence-electron chi connectivity index (χ4n) is 7.51. The molecule has 6 rings (SSSR count). The second kappa shape index (κ2) is 17.3. The first-order valence-corrected chi connectivity index (χ1v) is 19.2. The highest BCUT2D eigenvalue weighted by Crippen LogP contribution is 2.34. The molecule has 3 heterocycles. The SMILES string of the molecule is COC(=O)N[C@H](C(=O)N1CCC(C(=O)Nc2ccc3cc(-c4ccc(-c5cnc([C@@H]6CCCN6C(=O)[C@@H](NC(=O)OC)C(C)C)[nH]5)cc4)ccc3c2)C1)C(C)C. The van der Waals surface area contributed by atoms with Crippen LogP contribution in [0.5, 0.6) is 0 Å². The number of amides is 5. The normalized spacial score (nSPS) is 17.9. The van der Waals surface area contributed by atoms with Crippen molar-refractivity contribution >= 4 is 46.4 Å². The van der Waals surface area contributed by atoms with Gasteiger partial charge in [-0.3, -0.25) is 14.4 Å². The Morgan fingerprint density at radius 1 is 0.750 bits per heavy atom. The van der Waals surface area contributed by atoms with Gasteiger partial charge in [-0.25, -0.2) is 14.6 Å². The average molecular weight is 766 g/mol. The first-order chi connectivity index (χ1) is 26.9. The summed E-state index contributed by atoms with van der Waals surface area (Å²) in [5.74, 6) is -0.414. The van der Waals surface area contributed by atoms with Gasteiger partial charge in [-0.1, -0.05) is 70.2 Å². The minimum Gasteiger partial charge on any atom is -0.453 e. The van der Waals surface area contributed by atoms with E-state index in [1.807, 2.05) is 64.1 Å². The van der Waals surface area contributed by atoms with Crippen LogP contribution < -0.4 is 16.0 Å². The Hall–Kier alpha value is -5.92. The topological polar surface area (TPSA) is 175 Å². The molecule has 2 fully saturated rings. The summed E-state index contributed by atoms with van der Waals surface area (Å²) in [6.07, 6.45) is 2.65. The predicted molar refractivity (Wildman–Crippen MR) is 212 cm³/mol. The first kappa shape index (κ1) is 39.8. The Labute approximate surface area is 326 Å². The minimum absolute atomic E-state index is 0.111. The van der Waals surface area contributed by atoms with Crippen LogP contribution in [0.4, 0.5) is 15.3 Å². The molecule has 0 radical (unpaired) electrons. The largest absolute Gasteiger partial charge is 0.453 e. The lowest BCUT2D eigenvalue weighted by molar-refractivity contribution is -0.135. The van der Waals surface area contributed by atoms with Crippen molar-refractivity contribution in [2.45, 2.75) is 65.1 Å². The lowest BCUT2D eigenvalue weighted by Crippen LogP contribution is -2.51. The number of nitrogens with zero attached hydrogens (tertiary/aromatic N) is 3. The standard InChI is InChI=1S/C42H51N7O7/c1-24(2)35(46-41(53)55-5)39(51)48-19-17-31(23-48)38(50)44-32-16-15-29-20-28(13-14-30(29)21-32)26-9-11-27(12-10-26)33-22-43-37(45-33)34-8-7-18-49(34)40(52)36(25(3)4)47-42(54)56-6/h9-16,20-22,24-25,31,34-36H,7-8,17-19,23H2,1-6H3,(H,43,45)(H,44,50)(H,46,53)(H,47,54)/t31?,34-,35-,36-/m0/s1. The summed E-state index contributed by atoms with van der Waals surface area (Å²) in [6.45, 7) is 8.80. The van der Waals surface area contributed by atoms with E-state index in [-0.39, 0.29) is 48.1 Å². The summed E-state index contributed by atoms with van der Waals surface area (Å²) < 4.78 is 9.43. The van der Waals surface area contributed by atoms with E-state index in [1.54, 1.807) is 16.0 Å². The number of aromatic amines is 1. The maximum absolute atomic E-state index is 13.5. The van der Waals surface area contributed by atoms with Crippen molar-refractivity contribution < 1.29 is 33.4 Å². The highest BCUT2D eigenvalue weighted by atomic mass is 16.5. The number of rotatable bonds is 11. The molecule has 4 aromatic rings. The second-order valence-electron chi connectivity index (χ2n) is 15.2. The number of ether oxygens (including phenoxy) is 2. The van der Waals surface area contributed by atoms with Gasteiger partial charge >= 0.3 is 12.2 Å². The van der Waals surface area contributed by atoms with Gasteiger partial charge in [0.05, 0.1) is 38.1 Å². The lowest BCUT2D eigenvalue weighted by atomic mass is 9.99. The first-order valence-electron chi connectivity index (χ1n) is 19.2. The number of benzene rings is 3. The van der Waals surface area contributed by atoms with E-state index < -0.39 is 24.3 Å². The van der Waals surface area contributed by atoms with Crippen molar-refractivity contribution in [2.75, 3.05) is 39.2 Å². The summed E-state index contributed by atoms with van der Waals surface area (Å²) >= 11 is 0. The number of methoxy groups -OCH3 is 2. The number of alkyl carbamates (subject to hydrolysis) is 2. The Morgan fingerprint density at radius 2 is 1.36 bits per heavy atom. The number of aromatic nitrogens is 2. The van der Waals surface area contributed by atoms with E-state index in [9.17, 15) is 24.0 Å². The van der Waals surface area contributed by atoms with Crippen LogP contribution in [0.2, 0.25) is 0 Å². The number of nitrogens with one attached hydrogen (secondary N) is 4. The molecule has 0 saturated carbocycles. The van der Waals surface area contributed by atoms with Crippen LogP contribution in [0.3, 0.4) is 0 Å². The molecule has 2 saturated heterocycles. The molecule has 0 bridgehead atoms. The van der Waals surface area contributed by atoms with Crippen LogP contribution >= 0.6 is 0 Å². The van der Waals surface area contributed by atoms with E-state index in [0.29, 0.717) is 31.0 Å². The third-order valence-electron chi connectivity index (χ3n) is 10.7. The van der Waals surface area contributed by atoms with Gasteiger partial charge in [0.25, 0.3) is 0 Å². The number of hydrogen-bond acceptors (Lipinski definition) is 8. The molecule has 3 aromatic carbocycles. The fraction of sp³-hybridized carbons (Fsp3) is 0.429. The molecule has 2 aliphatic rings. The number of carbonyl (C=O) groups excluding carboxylic acids is 5. The van der Waals surface area contributed by atoms with Crippen LogP contribution in [0.25, 0.3) is 33.2 Å². The molecule has 0 aliphatic carbocycles. The van der Waals surface area contributed by atoms with Crippen molar-refractivity contribution in [3.63, 3.8) is 0 Å². The summed E-state index contributed by atoms with van der Waals surface area (Å²) in [5.41, 5.74) is 4.57. The van der Waals surface area contributed by atoms with Gasteiger partial charge in [0.2, 0.25) is 17.7 Å². The van der Waals surface area contributed by atoms with Gasteiger partial charge < -0.3 is 40.2 Å². The molecule has 56 heavy (non-hydrogen) atoms. The molecule has 14 nitrogen and oxygen atoms in total. The third-order valence-corrected chi connectivity index (χ3v) is 10.7. The zero-order chi connectivity index (χ0) is 40.1. The predicted octanol–water partition coefficient (Wildman–Crippen LogP) is 6.11. The van der Waals surface area contributed by atoms with Crippen molar-refractivity contribution in [2.24, 2.45) is 17.8 Å². The lowest BCUT2D eigenvalue weighted by Gasteiger charge is -2.30. The van der Waals surface area contributed by atoms with Crippen molar-refractivity contribution in [1.29, 1.82) is 0 Å². The van der Waals surface area contributed by atoms with E-state index in [1.165, 1.54) is 14.2 Å². The fourth-order valence-corrected chi connectivity index (χ4v) is 7.51. The zero-order valence-electron chi connectivity index (χ0n) is 32.8. The Bertz CT molecular complexity index is 2080. The molecule has 4 atom stereocenters. The molecular weight excluding hydrogens is 715 g/mol. The number of fused-ring (bicyclic) bond motifs is 1. The summed E-state index contributed by atoms with van der Waals surface area (Å²) in [6, 6.07) is 18.6. The van der Waals surface area contributed by atoms with E-state index >= 15 is 0 Å². The number of hydrogen-bond donors (Lipinski definition) is 4. The number of carbonyl (C=O) groups is 5. The van der Waals surface area contributed by atoms with Crippen LogP contribution in [0, 0.1) is 17.8 Å². The number of H-pyrrole nitrogens is 1. The van der Waals surface area contributed by atoms with Crippen molar-refractivity contribution in [3.8, 4) is 22.4 Å². The second-order valence-corrected chi connectivity index (χ2v) is 15.2. The molecule has 1 aromatic heterocycles. The monoisotopic (exact) mass is 765 g/mol. The zero-order valence-corrected chi connectivity index (χ0v) is 32.8. The van der Waals surface area contributed by atoms with Gasteiger partial charge in [-0.05, 0) is 76.8 Å². The average Bonchev–Trinajstić information content (AvgIpc) is 4.00. The number of imidazole rings is 1. The summed E-state index contributed by atoms with van der Waals surface area (Å²) in [7, 11) is 2.54. The van der Waals surface area contributed by atoms with E-state index in [0.717, 1.165) is 46.0 Å². The Morgan fingerprint density at radius 3 is 2.02 bits per heavy atom. The molecule has 296 valence electrons. The molecule has 5 amide bonds. The Kier molecular flexibility index (Phi) is 12.3. The summed E-state index contributed by atoms with van der Waals surface area (Å²) in [5, 5.41) is 10.3. The van der Waals surface area contributed by atoms with Gasteiger partial charge in [-0.15, -0.1) is 0 Å². The molecule has 0 spiro atoms. The van der Waals surface area contributed by atoms with Crippen LogP contribution in [-0.4, -0.2) is 95.6 Å². The van der Waals surface area contributed by atoms with E-state index in [4.69, 9.17) is 4.74 Å². The smallest absolute Gasteiger partial charge is 0.407 e. The highest BCUT2D eigenvalue weighted by molar-refractivity contribution is 5.97. The van der Waals surface area contributed by atoms with Gasteiger partial charge in [0, 0.05) is 25.3 Å². The number of anilines is 1. The quantitative estimate of drug-likeness (QED) is 0.142. The molecule has 14 heteroatoms. The number of likely N-dealkylation sites (tertiary alicyclic amines) is 2. The maximum atomic E-state index is 13.5. The van der Waals surface area contributed by atoms with Gasteiger partial charge in [0.1, 0.15) is 17.9 Å². The molecule has 1 unspecified atom stereocenters. The van der Waals surface area contributed by atoms with E-state index in [2.05, 4.69) is 54.9 Å².